The molecule has 200 valence electrons. The first-order valence-corrected chi connectivity index (χ1v) is 13.6. The number of allylic oxidation sites excluding steroid dienone is 3. The van der Waals surface area contributed by atoms with Gasteiger partial charge in [0.15, 0.2) is 5.78 Å². The Morgan fingerprint density at radius 3 is 2.31 bits per heavy atom. The Bertz CT molecular complexity index is 1410. The fraction of sp³-hybridized carbons (Fsp3) is 0.294. The van der Waals surface area contributed by atoms with Crippen molar-refractivity contribution in [3.05, 3.63) is 124 Å². The smallest absolute Gasteiger partial charge is 0.336 e. The van der Waals surface area contributed by atoms with E-state index in [0.717, 1.165) is 22.4 Å². The molecule has 5 heteroatoms. The monoisotopic (exact) mass is 521 g/mol. The van der Waals surface area contributed by atoms with Gasteiger partial charge in [-0.2, -0.15) is 0 Å². The van der Waals surface area contributed by atoms with Crippen molar-refractivity contribution in [2.24, 2.45) is 5.92 Å². The number of ketones is 1. The lowest BCUT2D eigenvalue weighted by atomic mass is 9.71. The molecule has 1 N–H and O–H groups in total. The molecular weight excluding hydrogens is 486 g/mol. The van der Waals surface area contributed by atoms with E-state index in [1.165, 1.54) is 0 Å². The van der Waals surface area contributed by atoms with Crippen molar-refractivity contribution < 1.29 is 19.1 Å². The molecule has 2 atom stereocenters. The van der Waals surface area contributed by atoms with Gasteiger partial charge in [0, 0.05) is 29.0 Å². The molecule has 3 aromatic carbocycles. The Hall–Kier alpha value is -4.12. The van der Waals surface area contributed by atoms with Gasteiger partial charge in [-0.3, -0.25) is 4.79 Å². The van der Waals surface area contributed by atoms with Crippen molar-refractivity contribution in [2.75, 3.05) is 6.61 Å². The molecule has 39 heavy (non-hydrogen) atoms. The molecule has 0 aromatic heterocycles. The first-order chi connectivity index (χ1) is 18.9. The molecular formula is C34H35NO4. The topological polar surface area (TPSA) is 64.6 Å². The minimum Gasteiger partial charge on any atom is -0.489 e. The van der Waals surface area contributed by atoms with Gasteiger partial charge < -0.3 is 14.8 Å². The summed E-state index contributed by atoms with van der Waals surface area (Å²) in [5.74, 6) is 0.00172. The Morgan fingerprint density at radius 1 is 0.923 bits per heavy atom. The SMILES string of the molecule is CC1=C(C(=O)OCC(C)C)[C@@H](c2ccccc2OCc2ccccc2)C2=C(C[C@H](c3ccccc3)CC2=O)N1. The van der Waals surface area contributed by atoms with Crippen LogP contribution in [0.4, 0.5) is 0 Å². The van der Waals surface area contributed by atoms with Gasteiger partial charge >= 0.3 is 5.97 Å². The second-order valence-corrected chi connectivity index (χ2v) is 10.7. The number of Topliss-reactive ketones (excluding diaryl/α,β-unsaturated/α-hetero) is 1. The molecule has 2 aliphatic rings. The Labute approximate surface area is 230 Å². The summed E-state index contributed by atoms with van der Waals surface area (Å²) in [5, 5.41) is 3.44. The molecule has 0 amide bonds. The van der Waals surface area contributed by atoms with Crippen LogP contribution in [0.2, 0.25) is 0 Å². The highest BCUT2D eigenvalue weighted by atomic mass is 16.5. The molecule has 1 aliphatic carbocycles. The van der Waals surface area contributed by atoms with Gasteiger partial charge in [-0.1, -0.05) is 92.7 Å². The number of dihydropyridines is 1. The van der Waals surface area contributed by atoms with Crippen LogP contribution in [0, 0.1) is 5.92 Å². The van der Waals surface area contributed by atoms with Crippen LogP contribution in [0.3, 0.4) is 0 Å². The number of carbonyl (C=O) groups excluding carboxylic acids is 2. The van der Waals surface area contributed by atoms with E-state index in [0.29, 0.717) is 48.6 Å². The predicted octanol–water partition coefficient (Wildman–Crippen LogP) is 6.83. The average Bonchev–Trinajstić information content (AvgIpc) is 2.95. The van der Waals surface area contributed by atoms with Gasteiger partial charge in [0.25, 0.3) is 0 Å². The summed E-state index contributed by atoms with van der Waals surface area (Å²) in [4.78, 5) is 27.5. The molecule has 0 saturated heterocycles. The zero-order chi connectivity index (χ0) is 27.4. The number of benzene rings is 3. The fourth-order valence-electron chi connectivity index (χ4n) is 5.49. The maximum Gasteiger partial charge on any atom is 0.336 e. The van der Waals surface area contributed by atoms with Crippen LogP contribution in [0.5, 0.6) is 5.75 Å². The molecule has 5 nitrogen and oxygen atoms in total. The number of hydrogen-bond acceptors (Lipinski definition) is 5. The Morgan fingerprint density at radius 2 is 1.59 bits per heavy atom. The summed E-state index contributed by atoms with van der Waals surface area (Å²) in [6.45, 7) is 6.60. The van der Waals surface area contributed by atoms with Gasteiger partial charge in [-0.05, 0) is 42.4 Å². The van der Waals surface area contributed by atoms with Gasteiger partial charge in [-0.25, -0.2) is 4.79 Å². The number of nitrogens with one attached hydrogen (secondary N) is 1. The number of ether oxygens (including phenoxy) is 2. The Kier molecular flexibility index (Phi) is 7.97. The van der Waals surface area contributed by atoms with Crippen molar-refractivity contribution in [1.82, 2.24) is 5.32 Å². The summed E-state index contributed by atoms with van der Waals surface area (Å²) in [5.41, 5.74) is 5.68. The zero-order valence-electron chi connectivity index (χ0n) is 22.8. The van der Waals surface area contributed by atoms with Crippen LogP contribution in [-0.2, 0) is 20.9 Å². The van der Waals surface area contributed by atoms with Crippen molar-refractivity contribution >= 4 is 11.8 Å². The highest BCUT2D eigenvalue weighted by molar-refractivity contribution is 6.04. The lowest BCUT2D eigenvalue weighted by Gasteiger charge is -2.37. The van der Waals surface area contributed by atoms with Crippen molar-refractivity contribution in [2.45, 2.75) is 52.1 Å². The average molecular weight is 522 g/mol. The number of carbonyl (C=O) groups is 2. The molecule has 0 bridgehead atoms. The summed E-state index contributed by atoms with van der Waals surface area (Å²) < 4.78 is 12.0. The summed E-state index contributed by atoms with van der Waals surface area (Å²) in [6.07, 6.45) is 1.09. The number of para-hydroxylation sites is 1. The predicted molar refractivity (Wildman–Crippen MR) is 152 cm³/mol. The van der Waals surface area contributed by atoms with Crippen LogP contribution < -0.4 is 10.1 Å². The highest BCUT2D eigenvalue weighted by Crippen LogP contribution is 2.47. The normalized spacial score (nSPS) is 19.0. The number of hydrogen-bond donors (Lipinski definition) is 1. The number of esters is 1. The summed E-state index contributed by atoms with van der Waals surface area (Å²) in [6, 6.07) is 27.8. The largest absolute Gasteiger partial charge is 0.489 e. The molecule has 1 aliphatic heterocycles. The molecule has 1 heterocycles. The van der Waals surface area contributed by atoms with Gasteiger partial charge in [0.1, 0.15) is 12.4 Å². The van der Waals surface area contributed by atoms with E-state index < -0.39 is 11.9 Å². The maximum absolute atomic E-state index is 13.9. The third-order valence-corrected chi connectivity index (χ3v) is 7.33. The van der Waals surface area contributed by atoms with Crippen molar-refractivity contribution in [1.29, 1.82) is 0 Å². The lowest BCUT2D eigenvalue weighted by molar-refractivity contribution is -0.140. The molecule has 0 fully saturated rings. The summed E-state index contributed by atoms with van der Waals surface area (Å²) >= 11 is 0. The molecule has 0 spiro atoms. The molecule has 0 radical (unpaired) electrons. The molecule has 0 saturated carbocycles. The van der Waals surface area contributed by atoms with E-state index >= 15 is 0 Å². The summed E-state index contributed by atoms with van der Waals surface area (Å²) in [7, 11) is 0. The zero-order valence-corrected chi connectivity index (χ0v) is 22.8. The maximum atomic E-state index is 13.9. The molecule has 0 unspecified atom stereocenters. The van der Waals surface area contributed by atoms with Gasteiger partial charge in [0.2, 0.25) is 0 Å². The van der Waals surface area contributed by atoms with Crippen LogP contribution >= 0.6 is 0 Å². The molecule has 5 rings (SSSR count). The van der Waals surface area contributed by atoms with E-state index in [2.05, 4.69) is 17.4 Å². The minimum atomic E-state index is -0.572. The lowest BCUT2D eigenvalue weighted by Crippen LogP contribution is -2.36. The van der Waals surface area contributed by atoms with Crippen LogP contribution in [0.1, 0.15) is 62.1 Å². The first kappa shape index (κ1) is 26.5. The van der Waals surface area contributed by atoms with E-state index in [1.807, 2.05) is 93.6 Å². The fourth-order valence-corrected chi connectivity index (χ4v) is 5.49. The van der Waals surface area contributed by atoms with E-state index in [4.69, 9.17) is 9.47 Å². The second-order valence-electron chi connectivity index (χ2n) is 10.7. The minimum absolute atomic E-state index is 0.0436. The van der Waals surface area contributed by atoms with Crippen LogP contribution in [-0.4, -0.2) is 18.4 Å². The third-order valence-electron chi connectivity index (χ3n) is 7.33. The van der Waals surface area contributed by atoms with E-state index in [9.17, 15) is 9.59 Å². The highest BCUT2D eigenvalue weighted by Gasteiger charge is 2.42. The van der Waals surface area contributed by atoms with E-state index in [1.54, 1.807) is 0 Å². The van der Waals surface area contributed by atoms with Gasteiger partial charge in [-0.15, -0.1) is 0 Å². The first-order valence-electron chi connectivity index (χ1n) is 13.6. The standard InChI is InChI=1S/C34H35NO4/c1-22(2)20-39-34(37)31-23(3)35-28-18-26(25-14-8-5-9-15-25)19-29(36)33(28)32(31)27-16-10-11-17-30(27)38-21-24-12-6-4-7-13-24/h4-17,22,26,32,35H,18-21H2,1-3H3/t26-,32+/m0/s1. The van der Waals surface area contributed by atoms with Crippen molar-refractivity contribution in [3.63, 3.8) is 0 Å². The molecule has 3 aromatic rings. The second kappa shape index (κ2) is 11.7. The van der Waals surface area contributed by atoms with Crippen molar-refractivity contribution in [3.8, 4) is 5.75 Å². The third kappa shape index (κ3) is 5.83. The van der Waals surface area contributed by atoms with E-state index in [-0.39, 0.29) is 17.6 Å². The van der Waals surface area contributed by atoms with Crippen LogP contribution in [0.15, 0.2) is 107 Å². The van der Waals surface area contributed by atoms with Gasteiger partial charge in [0.05, 0.1) is 18.1 Å². The Balaban J connectivity index is 1.56. The number of rotatable bonds is 8. The van der Waals surface area contributed by atoms with Crippen LogP contribution in [0.25, 0.3) is 0 Å². The quantitative estimate of drug-likeness (QED) is 0.329.